The van der Waals surface area contributed by atoms with E-state index < -0.39 is 5.41 Å². The Morgan fingerprint density at radius 1 is 0.971 bits per heavy atom. The maximum Gasteiger partial charge on any atom is 0.233 e. The lowest BCUT2D eigenvalue weighted by atomic mass is 9.64. The first-order valence-electron chi connectivity index (χ1n) is 12.7. The standard InChI is InChI=1S/C28H40N4O2/c1-2-17-30-21-26(33)31-18-10-5-11-19-32-20-16-25(22-32)28(27(29)34,23-12-6-3-7-13-23)24-14-8-4-9-15-24/h3-4,6-9,12-15,25,30H,2,5,10-11,16-22H2,1H3,(H2,29,34)(H,31,33)/t25-/m1/s1. The highest BCUT2D eigenvalue weighted by Crippen LogP contribution is 2.43. The van der Waals surface area contributed by atoms with Crippen molar-refractivity contribution >= 4 is 11.8 Å². The van der Waals surface area contributed by atoms with E-state index >= 15 is 0 Å². The van der Waals surface area contributed by atoms with Crippen molar-refractivity contribution in [2.24, 2.45) is 11.7 Å². The fourth-order valence-corrected chi connectivity index (χ4v) is 5.22. The van der Waals surface area contributed by atoms with Crippen LogP contribution < -0.4 is 16.4 Å². The molecule has 34 heavy (non-hydrogen) atoms. The number of unbranched alkanes of at least 4 members (excludes halogenated alkanes) is 2. The number of nitrogens with two attached hydrogens (primary N) is 1. The molecular weight excluding hydrogens is 424 g/mol. The van der Waals surface area contributed by atoms with Gasteiger partial charge in [-0.1, -0.05) is 74.0 Å². The summed E-state index contributed by atoms with van der Waals surface area (Å²) in [6.45, 7) is 6.91. The number of likely N-dealkylation sites (tertiary alicyclic amines) is 1. The summed E-state index contributed by atoms with van der Waals surface area (Å²) in [6.07, 6.45) is 5.10. The molecule has 0 aromatic heterocycles. The Morgan fingerprint density at radius 2 is 1.62 bits per heavy atom. The van der Waals surface area contributed by atoms with Crippen LogP contribution in [0.2, 0.25) is 0 Å². The summed E-state index contributed by atoms with van der Waals surface area (Å²) < 4.78 is 0. The largest absolute Gasteiger partial charge is 0.369 e. The van der Waals surface area contributed by atoms with Crippen molar-refractivity contribution in [1.82, 2.24) is 15.5 Å². The molecular formula is C28H40N4O2. The van der Waals surface area contributed by atoms with Gasteiger partial charge in [0.05, 0.1) is 6.54 Å². The number of carbonyl (C=O) groups excluding carboxylic acids is 2. The molecule has 3 rings (SSSR count). The summed E-state index contributed by atoms with van der Waals surface area (Å²) in [6, 6.07) is 20.0. The molecule has 6 heteroatoms. The minimum Gasteiger partial charge on any atom is -0.369 e. The summed E-state index contributed by atoms with van der Waals surface area (Å²) in [5, 5.41) is 6.10. The van der Waals surface area contributed by atoms with Crippen molar-refractivity contribution in [3.8, 4) is 0 Å². The lowest BCUT2D eigenvalue weighted by Crippen LogP contribution is -2.49. The lowest BCUT2D eigenvalue weighted by molar-refractivity contribution is -0.124. The molecule has 0 unspecified atom stereocenters. The molecule has 0 radical (unpaired) electrons. The smallest absolute Gasteiger partial charge is 0.233 e. The second kappa shape index (κ2) is 13.3. The van der Waals surface area contributed by atoms with Crippen LogP contribution in [0.1, 0.15) is 50.2 Å². The van der Waals surface area contributed by atoms with E-state index in [1.807, 2.05) is 60.7 Å². The van der Waals surface area contributed by atoms with Gasteiger partial charge in [0.1, 0.15) is 5.41 Å². The first kappa shape index (κ1) is 25.9. The van der Waals surface area contributed by atoms with Crippen molar-refractivity contribution in [2.75, 3.05) is 39.3 Å². The Kier molecular flexibility index (Phi) is 10.1. The van der Waals surface area contributed by atoms with Gasteiger partial charge in [0.15, 0.2) is 0 Å². The number of primary amides is 1. The monoisotopic (exact) mass is 464 g/mol. The number of amides is 2. The van der Waals surface area contributed by atoms with Crippen LogP contribution in [0, 0.1) is 5.92 Å². The highest BCUT2D eigenvalue weighted by Gasteiger charge is 2.49. The second-order valence-electron chi connectivity index (χ2n) is 9.28. The van der Waals surface area contributed by atoms with E-state index in [2.05, 4.69) is 22.5 Å². The SMILES string of the molecule is CCCNCC(=O)NCCCCCN1CC[C@@H](C(C(N)=O)(c2ccccc2)c2ccccc2)C1. The van der Waals surface area contributed by atoms with Crippen molar-refractivity contribution in [3.63, 3.8) is 0 Å². The molecule has 6 nitrogen and oxygen atoms in total. The predicted molar refractivity (Wildman–Crippen MR) is 137 cm³/mol. The van der Waals surface area contributed by atoms with Gasteiger partial charge in [-0.25, -0.2) is 0 Å². The van der Waals surface area contributed by atoms with Crippen molar-refractivity contribution in [1.29, 1.82) is 0 Å². The summed E-state index contributed by atoms with van der Waals surface area (Å²) in [4.78, 5) is 27.4. The van der Waals surface area contributed by atoms with E-state index in [1.54, 1.807) is 0 Å². The molecule has 0 aliphatic carbocycles. The molecule has 2 aromatic carbocycles. The molecule has 0 bridgehead atoms. The zero-order valence-corrected chi connectivity index (χ0v) is 20.5. The molecule has 4 N–H and O–H groups in total. The van der Waals surface area contributed by atoms with Gasteiger partial charge < -0.3 is 21.3 Å². The number of benzene rings is 2. The molecule has 1 heterocycles. The summed E-state index contributed by atoms with van der Waals surface area (Å²) in [7, 11) is 0. The zero-order valence-electron chi connectivity index (χ0n) is 20.5. The van der Waals surface area contributed by atoms with E-state index in [4.69, 9.17) is 5.73 Å². The predicted octanol–water partition coefficient (Wildman–Crippen LogP) is 3.07. The first-order valence-corrected chi connectivity index (χ1v) is 12.7. The van der Waals surface area contributed by atoms with E-state index in [0.29, 0.717) is 6.54 Å². The molecule has 0 saturated carbocycles. The van der Waals surface area contributed by atoms with Gasteiger partial charge in [-0.05, 0) is 62.4 Å². The molecule has 2 aromatic rings. The van der Waals surface area contributed by atoms with Crippen LogP contribution >= 0.6 is 0 Å². The fraction of sp³-hybridized carbons (Fsp3) is 0.500. The topological polar surface area (TPSA) is 87.5 Å². The number of hydrogen-bond donors (Lipinski definition) is 3. The molecule has 1 saturated heterocycles. The highest BCUT2D eigenvalue weighted by molar-refractivity contribution is 5.91. The van der Waals surface area contributed by atoms with E-state index in [9.17, 15) is 9.59 Å². The van der Waals surface area contributed by atoms with Crippen LogP contribution in [-0.2, 0) is 15.0 Å². The number of carbonyl (C=O) groups is 2. The molecule has 184 valence electrons. The molecule has 1 aliphatic heterocycles. The minimum absolute atomic E-state index is 0.0699. The van der Waals surface area contributed by atoms with E-state index in [-0.39, 0.29) is 17.7 Å². The fourth-order valence-electron chi connectivity index (χ4n) is 5.22. The zero-order chi connectivity index (χ0) is 24.2. The van der Waals surface area contributed by atoms with Gasteiger partial charge >= 0.3 is 0 Å². The van der Waals surface area contributed by atoms with Gasteiger partial charge in [-0.15, -0.1) is 0 Å². The molecule has 1 atom stereocenters. The Bertz CT molecular complexity index is 848. The molecule has 0 spiro atoms. The average Bonchev–Trinajstić information content (AvgIpc) is 3.32. The summed E-state index contributed by atoms with van der Waals surface area (Å²) >= 11 is 0. The van der Waals surface area contributed by atoms with Crippen LogP contribution in [-0.4, -0.2) is 56.0 Å². The highest BCUT2D eigenvalue weighted by atomic mass is 16.2. The maximum atomic E-state index is 13.2. The molecule has 1 fully saturated rings. The van der Waals surface area contributed by atoms with Crippen molar-refractivity contribution in [3.05, 3.63) is 71.8 Å². The lowest BCUT2D eigenvalue weighted by Gasteiger charge is -2.37. The van der Waals surface area contributed by atoms with E-state index in [0.717, 1.165) is 76.0 Å². The van der Waals surface area contributed by atoms with Crippen LogP contribution in [0.5, 0.6) is 0 Å². The Morgan fingerprint density at radius 3 is 2.21 bits per heavy atom. The first-order chi connectivity index (χ1) is 16.6. The van der Waals surface area contributed by atoms with Gasteiger partial charge in [0.2, 0.25) is 11.8 Å². The van der Waals surface area contributed by atoms with Crippen LogP contribution in [0.15, 0.2) is 60.7 Å². The normalized spacial score (nSPS) is 16.4. The van der Waals surface area contributed by atoms with Gasteiger partial charge in [-0.3, -0.25) is 9.59 Å². The van der Waals surface area contributed by atoms with Crippen LogP contribution in [0.25, 0.3) is 0 Å². The van der Waals surface area contributed by atoms with E-state index in [1.165, 1.54) is 0 Å². The van der Waals surface area contributed by atoms with Gasteiger partial charge in [0, 0.05) is 13.1 Å². The van der Waals surface area contributed by atoms with Crippen molar-refractivity contribution < 1.29 is 9.59 Å². The van der Waals surface area contributed by atoms with Crippen molar-refractivity contribution in [2.45, 2.75) is 44.4 Å². The molecule has 2 amide bonds. The number of nitrogens with one attached hydrogen (secondary N) is 2. The van der Waals surface area contributed by atoms with Crippen LogP contribution in [0.3, 0.4) is 0 Å². The minimum atomic E-state index is -0.826. The third kappa shape index (κ3) is 6.45. The number of hydrogen-bond acceptors (Lipinski definition) is 4. The Labute approximate surface area is 204 Å². The Balaban J connectivity index is 1.55. The Hall–Kier alpha value is -2.70. The van der Waals surface area contributed by atoms with Gasteiger partial charge in [0.25, 0.3) is 0 Å². The second-order valence-corrected chi connectivity index (χ2v) is 9.28. The number of nitrogens with zero attached hydrogens (tertiary/aromatic N) is 1. The van der Waals surface area contributed by atoms with Gasteiger partial charge in [-0.2, -0.15) is 0 Å². The average molecular weight is 465 g/mol. The summed E-state index contributed by atoms with van der Waals surface area (Å²) in [5.74, 6) is -0.0777. The summed E-state index contributed by atoms with van der Waals surface area (Å²) in [5.41, 5.74) is 7.31. The number of rotatable bonds is 14. The maximum absolute atomic E-state index is 13.2. The third-order valence-corrected chi connectivity index (χ3v) is 6.92. The third-order valence-electron chi connectivity index (χ3n) is 6.92. The quantitative estimate of drug-likeness (QED) is 0.375. The molecule has 1 aliphatic rings. The van der Waals surface area contributed by atoms with Crippen LogP contribution in [0.4, 0.5) is 0 Å².